The van der Waals surface area contributed by atoms with Crippen molar-refractivity contribution in [3.8, 4) is 0 Å². The second-order valence-corrected chi connectivity index (χ2v) is 6.76. The highest BCUT2D eigenvalue weighted by Gasteiger charge is 2.34. The number of carbonyl (C=O) groups excluding carboxylic acids is 1. The third-order valence-corrected chi connectivity index (χ3v) is 4.89. The lowest BCUT2D eigenvalue weighted by atomic mass is 10.1. The topological polar surface area (TPSA) is 83.3 Å². The number of hydrogen-bond acceptors (Lipinski definition) is 4. The lowest BCUT2D eigenvalue weighted by molar-refractivity contribution is 0.117. The number of nitrogens with zero attached hydrogens (tertiary/aromatic N) is 4. The molecule has 1 aliphatic heterocycles. The van der Waals surface area contributed by atoms with Crippen LogP contribution in [0.2, 0.25) is 0 Å². The minimum atomic E-state index is -0.676. The molecular formula is C18H23N5O2. The Hall–Kier alpha value is -2.41. The zero-order valence-electron chi connectivity index (χ0n) is 14.1. The first-order valence-corrected chi connectivity index (χ1v) is 8.91. The second kappa shape index (κ2) is 6.84. The zero-order valence-corrected chi connectivity index (χ0v) is 14.1. The van der Waals surface area contributed by atoms with Crippen LogP contribution in [-0.4, -0.2) is 43.4 Å². The largest absolute Gasteiger partial charge is 0.387 e. The van der Waals surface area contributed by atoms with Crippen LogP contribution in [0.5, 0.6) is 0 Å². The summed E-state index contributed by atoms with van der Waals surface area (Å²) >= 11 is 0. The number of aliphatic hydroxyl groups is 1. The van der Waals surface area contributed by atoms with Crippen LogP contribution in [0.1, 0.15) is 42.6 Å². The molecule has 1 aromatic carbocycles. The summed E-state index contributed by atoms with van der Waals surface area (Å²) in [7, 11) is 0. The number of aryl methyl sites for hydroxylation is 1. The summed E-state index contributed by atoms with van der Waals surface area (Å²) in [6.45, 7) is 1.60. The zero-order chi connectivity index (χ0) is 17.2. The number of fused-ring (bicyclic) bond motifs is 1. The number of amides is 2. The molecule has 1 unspecified atom stereocenters. The van der Waals surface area contributed by atoms with Gasteiger partial charge in [0.1, 0.15) is 5.82 Å². The Labute approximate surface area is 146 Å². The fourth-order valence-electron chi connectivity index (χ4n) is 3.35. The Bertz CT molecular complexity index is 741. The Morgan fingerprint density at radius 2 is 2.12 bits per heavy atom. The Kier molecular flexibility index (Phi) is 4.40. The van der Waals surface area contributed by atoms with E-state index in [-0.39, 0.29) is 12.1 Å². The van der Waals surface area contributed by atoms with Gasteiger partial charge >= 0.3 is 6.03 Å². The van der Waals surface area contributed by atoms with Gasteiger partial charge < -0.3 is 19.9 Å². The van der Waals surface area contributed by atoms with Gasteiger partial charge in [-0.05, 0) is 24.8 Å². The van der Waals surface area contributed by atoms with Crippen LogP contribution in [0.15, 0.2) is 30.3 Å². The molecule has 0 spiro atoms. The van der Waals surface area contributed by atoms with E-state index >= 15 is 0 Å². The maximum Gasteiger partial charge on any atom is 0.318 e. The van der Waals surface area contributed by atoms with Gasteiger partial charge in [-0.25, -0.2) is 4.79 Å². The molecule has 2 aromatic rings. The van der Waals surface area contributed by atoms with Crippen molar-refractivity contribution in [2.45, 2.75) is 50.9 Å². The monoisotopic (exact) mass is 341 g/mol. The fourth-order valence-corrected chi connectivity index (χ4v) is 3.35. The van der Waals surface area contributed by atoms with E-state index in [0.29, 0.717) is 13.1 Å². The number of nitrogens with one attached hydrogen (secondary N) is 1. The molecule has 4 rings (SSSR count). The van der Waals surface area contributed by atoms with Crippen LogP contribution in [0, 0.1) is 0 Å². The lowest BCUT2D eigenvalue weighted by Gasteiger charge is -2.25. The fraction of sp³-hybridized carbons (Fsp3) is 0.500. The summed E-state index contributed by atoms with van der Waals surface area (Å²) < 4.78 is 2.08. The number of hydrogen-bond donors (Lipinski definition) is 2. The van der Waals surface area contributed by atoms with E-state index in [2.05, 4.69) is 20.1 Å². The van der Waals surface area contributed by atoms with Gasteiger partial charge in [-0.2, -0.15) is 0 Å². The molecule has 7 nitrogen and oxygen atoms in total. The van der Waals surface area contributed by atoms with E-state index in [0.717, 1.165) is 49.4 Å². The minimum absolute atomic E-state index is 0.146. The molecule has 132 valence electrons. The van der Waals surface area contributed by atoms with Gasteiger partial charge in [0.25, 0.3) is 0 Å². The van der Waals surface area contributed by atoms with Crippen LogP contribution in [0.3, 0.4) is 0 Å². The Morgan fingerprint density at radius 1 is 1.32 bits per heavy atom. The van der Waals surface area contributed by atoms with E-state index in [1.807, 2.05) is 30.3 Å². The minimum Gasteiger partial charge on any atom is -0.387 e. The van der Waals surface area contributed by atoms with Crippen molar-refractivity contribution >= 4 is 6.03 Å². The molecule has 0 radical (unpaired) electrons. The van der Waals surface area contributed by atoms with E-state index < -0.39 is 6.10 Å². The SMILES string of the molecule is O=C(NCc1nnc2n1CCC2)N(CC(O)c1ccccc1)C1CC1. The average molecular weight is 341 g/mol. The quantitative estimate of drug-likeness (QED) is 0.836. The van der Waals surface area contributed by atoms with Crippen molar-refractivity contribution in [2.75, 3.05) is 6.54 Å². The molecule has 2 aliphatic rings. The number of carbonyl (C=O) groups is 1. The predicted octanol–water partition coefficient (Wildman–Crippen LogP) is 1.63. The maximum absolute atomic E-state index is 12.6. The van der Waals surface area contributed by atoms with Crippen LogP contribution in [-0.2, 0) is 19.5 Å². The lowest BCUT2D eigenvalue weighted by Crippen LogP contribution is -2.43. The van der Waals surface area contributed by atoms with Gasteiger partial charge in [0.05, 0.1) is 19.2 Å². The van der Waals surface area contributed by atoms with Crippen molar-refractivity contribution in [1.29, 1.82) is 0 Å². The number of aliphatic hydroxyl groups excluding tert-OH is 1. The van der Waals surface area contributed by atoms with Crippen LogP contribution in [0.4, 0.5) is 4.79 Å². The highest BCUT2D eigenvalue weighted by Crippen LogP contribution is 2.29. The summed E-state index contributed by atoms with van der Waals surface area (Å²) in [6.07, 6.45) is 3.36. The third kappa shape index (κ3) is 3.51. The summed E-state index contributed by atoms with van der Waals surface area (Å²) in [5.41, 5.74) is 0.830. The normalized spacial score (nSPS) is 17.2. The summed E-state index contributed by atoms with van der Waals surface area (Å²) in [5.74, 6) is 1.81. The van der Waals surface area contributed by atoms with E-state index in [9.17, 15) is 9.90 Å². The van der Waals surface area contributed by atoms with Gasteiger partial charge in [-0.1, -0.05) is 30.3 Å². The maximum atomic E-state index is 12.6. The first-order valence-electron chi connectivity index (χ1n) is 8.91. The molecule has 25 heavy (non-hydrogen) atoms. The van der Waals surface area contributed by atoms with Crippen molar-refractivity contribution in [1.82, 2.24) is 25.0 Å². The van der Waals surface area contributed by atoms with E-state index in [1.54, 1.807) is 4.90 Å². The van der Waals surface area contributed by atoms with Gasteiger partial charge in [0, 0.05) is 19.0 Å². The van der Waals surface area contributed by atoms with Crippen molar-refractivity contribution in [2.24, 2.45) is 0 Å². The second-order valence-electron chi connectivity index (χ2n) is 6.76. The summed E-state index contributed by atoms with van der Waals surface area (Å²) in [5, 5.41) is 21.7. The van der Waals surface area contributed by atoms with Crippen LogP contribution < -0.4 is 5.32 Å². The number of benzene rings is 1. The Morgan fingerprint density at radius 3 is 2.88 bits per heavy atom. The summed E-state index contributed by atoms with van der Waals surface area (Å²) in [4.78, 5) is 14.4. The van der Waals surface area contributed by atoms with Gasteiger partial charge in [0.15, 0.2) is 5.82 Å². The standard InChI is InChI=1S/C18H23N5O2/c24-15(13-5-2-1-3-6-13)12-23(14-8-9-14)18(25)19-11-17-21-20-16-7-4-10-22(16)17/h1-3,5-6,14-15,24H,4,7-12H2,(H,19,25). The molecule has 2 amide bonds. The molecule has 1 atom stereocenters. The van der Waals surface area contributed by atoms with Crippen LogP contribution in [0.25, 0.3) is 0 Å². The highest BCUT2D eigenvalue weighted by atomic mass is 16.3. The highest BCUT2D eigenvalue weighted by molar-refractivity contribution is 5.74. The number of urea groups is 1. The number of aromatic nitrogens is 3. The molecule has 1 aromatic heterocycles. The average Bonchev–Trinajstić information content (AvgIpc) is 3.24. The number of rotatable bonds is 6. The predicted molar refractivity (Wildman–Crippen MR) is 91.7 cm³/mol. The van der Waals surface area contributed by atoms with Gasteiger partial charge in [-0.3, -0.25) is 0 Å². The Balaban J connectivity index is 1.38. The van der Waals surface area contributed by atoms with Gasteiger partial charge in [-0.15, -0.1) is 10.2 Å². The van der Waals surface area contributed by atoms with Crippen molar-refractivity contribution < 1.29 is 9.90 Å². The third-order valence-electron chi connectivity index (χ3n) is 4.89. The molecular weight excluding hydrogens is 318 g/mol. The molecule has 0 bridgehead atoms. The molecule has 1 fully saturated rings. The van der Waals surface area contributed by atoms with Crippen molar-refractivity contribution in [3.05, 3.63) is 47.5 Å². The molecule has 2 heterocycles. The smallest absolute Gasteiger partial charge is 0.318 e. The molecule has 0 saturated heterocycles. The van der Waals surface area contributed by atoms with E-state index in [4.69, 9.17) is 0 Å². The summed E-state index contributed by atoms with van der Waals surface area (Å²) in [6, 6.07) is 9.55. The van der Waals surface area contributed by atoms with Crippen LogP contribution >= 0.6 is 0 Å². The first-order chi connectivity index (χ1) is 12.2. The molecule has 1 aliphatic carbocycles. The molecule has 7 heteroatoms. The first kappa shape index (κ1) is 16.1. The molecule has 1 saturated carbocycles. The molecule has 2 N–H and O–H groups in total. The van der Waals surface area contributed by atoms with Gasteiger partial charge in [0.2, 0.25) is 0 Å². The van der Waals surface area contributed by atoms with E-state index in [1.165, 1.54) is 0 Å². The van der Waals surface area contributed by atoms with Crippen molar-refractivity contribution in [3.63, 3.8) is 0 Å².